The molecule has 5 nitrogen and oxygen atoms in total. The zero-order valence-electron chi connectivity index (χ0n) is 12.6. The van der Waals surface area contributed by atoms with Crippen molar-refractivity contribution < 1.29 is 8.42 Å². The molecular formula is C15H25N3O2S. The fourth-order valence-electron chi connectivity index (χ4n) is 2.76. The van der Waals surface area contributed by atoms with Crippen LogP contribution in [-0.4, -0.2) is 39.0 Å². The van der Waals surface area contributed by atoms with Gasteiger partial charge in [-0.3, -0.25) is 0 Å². The van der Waals surface area contributed by atoms with Gasteiger partial charge in [-0.15, -0.1) is 0 Å². The number of anilines is 1. The van der Waals surface area contributed by atoms with E-state index in [0.717, 1.165) is 38.9 Å². The van der Waals surface area contributed by atoms with Crippen LogP contribution in [0.15, 0.2) is 24.3 Å². The molecule has 3 N–H and O–H groups in total. The van der Waals surface area contributed by atoms with E-state index in [1.165, 1.54) is 0 Å². The monoisotopic (exact) mass is 311 g/mol. The Hall–Kier alpha value is -1.11. The van der Waals surface area contributed by atoms with E-state index in [4.69, 9.17) is 5.73 Å². The Morgan fingerprint density at radius 3 is 2.57 bits per heavy atom. The summed E-state index contributed by atoms with van der Waals surface area (Å²) in [5.41, 5.74) is 7.00. The predicted molar refractivity (Wildman–Crippen MR) is 86.4 cm³/mol. The average Bonchev–Trinajstić information content (AvgIpc) is 2.43. The molecule has 1 aliphatic rings. The standard InChI is InChI=1S/C15H25N3O2S/c1-2-9-18-10-7-14(8-11-18)17-21(19,20)12-13-5-3-4-6-15(13)16/h3-6,14,17H,2,7-12,16H2,1H3. The highest BCUT2D eigenvalue weighted by molar-refractivity contribution is 7.88. The lowest BCUT2D eigenvalue weighted by Crippen LogP contribution is -2.45. The van der Waals surface area contributed by atoms with Gasteiger partial charge in [-0.05, 0) is 50.5 Å². The number of hydrogen-bond acceptors (Lipinski definition) is 4. The highest BCUT2D eigenvalue weighted by atomic mass is 32.2. The van der Waals surface area contributed by atoms with Crippen molar-refractivity contribution in [1.29, 1.82) is 0 Å². The van der Waals surface area contributed by atoms with Crippen molar-refractivity contribution in [1.82, 2.24) is 9.62 Å². The van der Waals surface area contributed by atoms with Crippen LogP contribution in [0.1, 0.15) is 31.7 Å². The topological polar surface area (TPSA) is 75.4 Å². The predicted octanol–water partition coefficient (Wildman–Crippen LogP) is 1.56. The second kappa shape index (κ2) is 7.24. The van der Waals surface area contributed by atoms with Crippen LogP contribution in [0.2, 0.25) is 0 Å². The van der Waals surface area contributed by atoms with Gasteiger partial charge in [0.05, 0.1) is 5.75 Å². The van der Waals surface area contributed by atoms with E-state index >= 15 is 0 Å². The number of nitrogens with two attached hydrogens (primary N) is 1. The van der Waals surface area contributed by atoms with Crippen LogP contribution in [0.25, 0.3) is 0 Å². The summed E-state index contributed by atoms with van der Waals surface area (Å²) < 4.78 is 27.3. The second-order valence-electron chi connectivity index (χ2n) is 5.69. The van der Waals surface area contributed by atoms with Crippen molar-refractivity contribution in [3.05, 3.63) is 29.8 Å². The summed E-state index contributed by atoms with van der Waals surface area (Å²) in [7, 11) is -3.34. The Morgan fingerprint density at radius 1 is 1.29 bits per heavy atom. The van der Waals surface area contributed by atoms with Gasteiger partial charge in [0.2, 0.25) is 10.0 Å². The molecule has 6 heteroatoms. The first kappa shape index (κ1) is 16.3. The first-order valence-electron chi connectivity index (χ1n) is 7.56. The molecule has 1 aliphatic heterocycles. The normalized spacial score (nSPS) is 18.0. The zero-order valence-corrected chi connectivity index (χ0v) is 13.4. The maximum absolute atomic E-state index is 12.2. The number of hydrogen-bond donors (Lipinski definition) is 2. The van der Waals surface area contributed by atoms with E-state index in [2.05, 4.69) is 16.5 Å². The highest BCUT2D eigenvalue weighted by Gasteiger charge is 2.23. The minimum absolute atomic E-state index is 0.0468. The summed E-state index contributed by atoms with van der Waals surface area (Å²) in [6, 6.07) is 7.16. The van der Waals surface area contributed by atoms with E-state index in [-0.39, 0.29) is 11.8 Å². The van der Waals surface area contributed by atoms with Crippen LogP contribution in [-0.2, 0) is 15.8 Å². The molecule has 1 saturated heterocycles. The Labute approximate surface area is 127 Å². The van der Waals surface area contributed by atoms with E-state index < -0.39 is 10.0 Å². The quantitative estimate of drug-likeness (QED) is 0.782. The van der Waals surface area contributed by atoms with Gasteiger partial charge in [-0.2, -0.15) is 0 Å². The van der Waals surface area contributed by atoms with Gasteiger partial charge in [0.15, 0.2) is 0 Å². The Bertz CT molecular complexity index is 552. The summed E-state index contributed by atoms with van der Waals surface area (Å²) in [5.74, 6) is -0.0468. The largest absolute Gasteiger partial charge is 0.398 e. The minimum Gasteiger partial charge on any atom is -0.398 e. The van der Waals surface area contributed by atoms with Crippen LogP contribution >= 0.6 is 0 Å². The van der Waals surface area contributed by atoms with Gasteiger partial charge in [0.25, 0.3) is 0 Å². The van der Waals surface area contributed by atoms with Crippen molar-refractivity contribution in [2.45, 2.75) is 38.0 Å². The van der Waals surface area contributed by atoms with Gasteiger partial charge in [0.1, 0.15) is 0 Å². The van der Waals surface area contributed by atoms with Crippen molar-refractivity contribution in [2.75, 3.05) is 25.4 Å². The number of benzene rings is 1. The molecule has 0 radical (unpaired) electrons. The van der Waals surface area contributed by atoms with Crippen LogP contribution in [0.5, 0.6) is 0 Å². The van der Waals surface area contributed by atoms with E-state index in [1.807, 2.05) is 12.1 Å². The Balaban J connectivity index is 1.89. The Morgan fingerprint density at radius 2 is 1.95 bits per heavy atom. The molecule has 118 valence electrons. The van der Waals surface area contributed by atoms with Crippen LogP contribution in [0, 0.1) is 0 Å². The number of nitrogens with zero attached hydrogens (tertiary/aromatic N) is 1. The lowest BCUT2D eigenvalue weighted by atomic mass is 10.1. The van der Waals surface area contributed by atoms with Crippen LogP contribution in [0.3, 0.4) is 0 Å². The summed E-state index contributed by atoms with van der Waals surface area (Å²) in [4.78, 5) is 2.39. The third kappa shape index (κ3) is 4.98. The molecule has 0 bridgehead atoms. The molecule has 0 atom stereocenters. The molecule has 2 rings (SSSR count). The third-order valence-corrected chi connectivity index (χ3v) is 5.26. The molecule has 0 amide bonds. The lowest BCUT2D eigenvalue weighted by Gasteiger charge is -2.31. The fourth-order valence-corrected chi connectivity index (χ4v) is 4.26. The smallest absolute Gasteiger partial charge is 0.216 e. The van der Waals surface area contributed by atoms with Gasteiger partial charge in [-0.25, -0.2) is 13.1 Å². The van der Waals surface area contributed by atoms with E-state index in [1.54, 1.807) is 12.1 Å². The number of piperidine rings is 1. The molecule has 1 aromatic carbocycles. The number of nitrogen functional groups attached to an aromatic ring is 1. The average molecular weight is 311 g/mol. The number of rotatable bonds is 6. The minimum atomic E-state index is -3.34. The number of nitrogens with one attached hydrogen (secondary N) is 1. The number of sulfonamides is 1. The molecule has 0 aromatic heterocycles. The van der Waals surface area contributed by atoms with Gasteiger partial charge in [0, 0.05) is 11.7 Å². The fraction of sp³-hybridized carbons (Fsp3) is 0.600. The summed E-state index contributed by atoms with van der Waals surface area (Å²) in [6.07, 6.45) is 2.90. The van der Waals surface area contributed by atoms with Crippen molar-refractivity contribution in [3.63, 3.8) is 0 Å². The number of likely N-dealkylation sites (tertiary alicyclic amines) is 1. The second-order valence-corrected chi connectivity index (χ2v) is 7.45. The molecule has 0 aliphatic carbocycles. The Kier molecular flexibility index (Phi) is 5.61. The molecule has 0 unspecified atom stereocenters. The summed E-state index contributed by atoms with van der Waals surface area (Å²) in [6.45, 7) is 5.20. The maximum atomic E-state index is 12.2. The van der Waals surface area contributed by atoms with Crippen molar-refractivity contribution in [2.24, 2.45) is 0 Å². The van der Waals surface area contributed by atoms with Gasteiger partial charge < -0.3 is 10.6 Å². The highest BCUT2D eigenvalue weighted by Crippen LogP contribution is 2.16. The molecule has 0 spiro atoms. The molecule has 1 heterocycles. The van der Waals surface area contributed by atoms with Gasteiger partial charge >= 0.3 is 0 Å². The first-order valence-corrected chi connectivity index (χ1v) is 9.21. The zero-order chi connectivity index (χ0) is 15.3. The van der Waals surface area contributed by atoms with Crippen molar-refractivity contribution >= 4 is 15.7 Å². The summed E-state index contributed by atoms with van der Waals surface area (Å²) in [5, 5.41) is 0. The lowest BCUT2D eigenvalue weighted by molar-refractivity contribution is 0.208. The van der Waals surface area contributed by atoms with Gasteiger partial charge in [-0.1, -0.05) is 25.1 Å². The molecule has 1 fully saturated rings. The third-order valence-electron chi connectivity index (χ3n) is 3.87. The maximum Gasteiger partial charge on any atom is 0.216 e. The van der Waals surface area contributed by atoms with E-state index in [9.17, 15) is 8.42 Å². The SMILES string of the molecule is CCCN1CCC(NS(=O)(=O)Cc2ccccc2N)CC1. The van der Waals surface area contributed by atoms with Crippen LogP contribution in [0.4, 0.5) is 5.69 Å². The summed E-state index contributed by atoms with van der Waals surface area (Å²) >= 11 is 0. The molecule has 21 heavy (non-hydrogen) atoms. The van der Waals surface area contributed by atoms with E-state index in [0.29, 0.717) is 11.3 Å². The van der Waals surface area contributed by atoms with Crippen LogP contribution < -0.4 is 10.5 Å². The molecule has 0 saturated carbocycles. The number of para-hydroxylation sites is 1. The molecule has 1 aromatic rings. The molecular weight excluding hydrogens is 286 g/mol. The first-order chi connectivity index (χ1) is 10.00. The van der Waals surface area contributed by atoms with Crippen molar-refractivity contribution in [3.8, 4) is 0 Å².